The van der Waals surface area contributed by atoms with Gasteiger partial charge in [-0.3, -0.25) is 4.79 Å². The number of nitrogens with zero attached hydrogens (tertiary/aromatic N) is 1. The smallest absolute Gasteiger partial charge is 0.226 e. The molecule has 0 spiro atoms. The molecule has 0 amide bonds. The molecule has 1 aromatic heterocycles. The van der Waals surface area contributed by atoms with E-state index in [0.29, 0.717) is 17.2 Å². The highest BCUT2D eigenvalue weighted by Gasteiger charge is 2.14. The standard InChI is InChI=1S/C11H9NO3/c1-6-3-2-4-8-9(6)10(14)7(5-13)11(15)12-8/h2-5H,1H3,(H2,12,14,15). The van der Waals surface area contributed by atoms with Gasteiger partial charge in [-0.2, -0.15) is 0 Å². The van der Waals surface area contributed by atoms with Crippen LogP contribution in [-0.4, -0.2) is 21.5 Å². The third kappa shape index (κ3) is 1.30. The first kappa shape index (κ1) is 9.45. The fourth-order valence-corrected chi connectivity index (χ4v) is 1.58. The summed E-state index contributed by atoms with van der Waals surface area (Å²) in [6.45, 7) is 1.80. The molecule has 0 fully saturated rings. The number of aromatic nitrogens is 1. The molecule has 0 atom stereocenters. The molecule has 0 unspecified atom stereocenters. The summed E-state index contributed by atoms with van der Waals surface area (Å²) >= 11 is 0. The van der Waals surface area contributed by atoms with E-state index < -0.39 is 5.88 Å². The third-order valence-electron chi connectivity index (χ3n) is 2.33. The van der Waals surface area contributed by atoms with Gasteiger partial charge in [0.05, 0.1) is 5.52 Å². The van der Waals surface area contributed by atoms with Crippen molar-refractivity contribution in [3.8, 4) is 11.6 Å². The van der Waals surface area contributed by atoms with E-state index in [1.807, 2.05) is 0 Å². The number of aldehydes is 1. The van der Waals surface area contributed by atoms with Crippen LogP contribution in [0.5, 0.6) is 11.6 Å². The van der Waals surface area contributed by atoms with E-state index in [2.05, 4.69) is 4.98 Å². The maximum Gasteiger partial charge on any atom is 0.226 e. The quantitative estimate of drug-likeness (QED) is 0.693. The van der Waals surface area contributed by atoms with E-state index in [1.165, 1.54) is 0 Å². The summed E-state index contributed by atoms with van der Waals surface area (Å²) < 4.78 is 0. The number of pyridine rings is 1. The Morgan fingerprint density at radius 3 is 2.73 bits per heavy atom. The van der Waals surface area contributed by atoms with Gasteiger partial charge in [0.1, 0.15) is 11.3 Å². The number of aryl methyl sites for hydroxylation is 1. The van der Waals surface area contributed by atoms with Crippen LogP contribution in [0.4, 0.5) is 0 Å². The Balaban J connectivity index is 2.98. The average molecular weight is 203 g/mol. The maximum atomic E-state index is 10.6. The number of carbonyl (C=O) groups excluding carboxylic acids is 1. The van der Waals surface area contributed by atoms with Crippen molar-refractivity contribution in [3.05, 3.63) is 29.3 Å². The second-order valence-corrected chi connectivity index (χ2v) is 3.28. The lowest BCUT2D eigenvalue weighted by Crippen LogP contribution is -1.91. The molecular formula is C11H9NO3. The molecule has 2 rings (SSSR count). The molecular weight excluding hydrogens is 194 g/mol. The highest BCUT2D eigenvalue weighted by Crippen LogP contribution is 2.33. The zero-order valence-electron chi connectivity index (χ0n) is 8.06. The summed E-state index contributed by atoms with van der Waals surface area (Å²) in [5, 5.41) is 19.7. The molecule has 1 aromatic carbocycles. The van der Waals surface area contributed by atoms with Gasteiger partial charge in [0.25, 0.3) is 0 Å². The molecule has 1 heterocycles. The monoisotopic (exact) mass is 203 g/mol. The highest BCUT2D eigenvalue weighted by atomic mass is 16.3. The fourth-order valence-electron chi connectivity index (χ4n) is 1.58. The van der Waals surface area contributed by atoms with Gasteiger partial charge >= 0.3 is 0 Å². The number of hydrogen-bond donors (Lipinski definition) is 2. The average Bonchev–Trinajstić information content (AvgIpc) is 2.17. The van der Waals surface area contributed by atoms with Crippen LogP contribution in [0.3, 0.4) is 0 Å². The Hall–Kier alpha value is -2.10. The minimum atomic E-state index is -0.444. The molecule has 0 bridgehead atoms. The van der Waals surface area contributed by atoms with Crippen molar-refractivity contribution in [1.29, 1.82) is 0 Å². The minimum Gasteiger partial charge on any atom is -0.506 e. The number of rotatable bonds is 1. The van der Waals surface area contributed by atoms with Crippen LogP contribution in [-0.2, 0) is 0 Å². The van der Waals surface area contributed by atoms with E-state index in [1.54, 1.807) is 25.1 Å². The zero-order valence-corrected chi connectivity index (χ0v) is 8.06. The topological polar surface area (TPSA) is 70.4 Å². The molecule has 0 aliphatic rings. The van der Waals surface area contributed by atoms with Crippen LogP contribution in [0.15, 0.2) is 18.2 Å². The van der Waals surface area contributed by atoms with Crippen molar-refractivity contribution < 1.29 is 15.0 Å². The van der Waals surface area contributed by atoms with Crippen molar-refractivity contribution >= 4 is 17.2 Å². The van der Waals surface area contributed by atoms with Crippen molar-refractivity contribution in [1.82, 2.24) is 4.98 Å². The molecule has 4 nitrogen and oxygen atoms in total. The first-order valence-corrected chi connectivity index (χ1v) is 4.41. The summed E-state index contributed by atoms with van der Waals surface area (Å²) in [7, 11) is 0. The van der Waals surface area contributed by atoms with E-state index in [9.17, 15) is 15.0 Å². The Kier molecular flexibility index (Phi) is 2.04. The third-order valence-corrected chi connectivity index (χ3v) is 2.33. The van der Waals surface area contributed by atoms with Crippen LogP contribution in [0.25, 0.3) is 10.9 Å². The van der Waals surface area contributed by atoms with E-state index in [-0.39, 0.29) is 11.3 Å². The molecule has 0 saturated carbocycles. The van der Waals surface area contributed by atoms with Gasteiger partial charge in [0.15, 0.2) is 6.29 Å². The first-order chi connectivity index (χ1) is 7.15. The van der Waals surface area contributed by atoms with Gasteiger partial charge in [-0.05, 0) is 18.6 Å². The second kappa shape index (κ2) is 3.24. The van der Waals surface area contributed by atoms with Gasteiger partial charge in [-0.15, -0.1) is 0 Å². The minimum absolute atomic E-state index is 0.170. The number of fused-ring (bicyclic) bond motifs is 1. The summed E-state index contributed by atoms with van der Waals surface area (Å²) in [4.78, 5) is 14.5. The van der Waals surface area contributed by atoms with Gasteiger partial charge in [-0.1, -0.05) is 12.1 Å². The number of benzene rings is 1. The Morgan fingerprint density at radius 2 is 2.07 bits per heavy atom. The van der Waals surface area contributed by atoms with Gasteiger partial charge < -0.3 is 10.2 Å². The molecule has 0 radical (unpaired) electrons. The van der Waals surface area contributed by atoms with Crippen molar-refractivity contribution in [2.75, 3.05) is 0 Å². The summed E-state index contributed by atoms with van der Waals surface area (Å²) in [5.41, 5.74) is 1.10. The van der Waals surface area contributed by atoms with Gasteiger partial charge in [0, 0.05) is 5.39 Å². The van der Waals surface area contributed by atoms with E-state index in [0.717, 1.165) is 5.56 Å². The zero-order chi connectivity index (χ0) is 11.0. The predicted octanol–water partition coefficient (Wildman–Crippen LogP) is 1.77. The molecule has 2 N–H and O–H groups in total. The normalized spacial score (nSPS) is 10.5. The van der Waals surface area contributed by atoms with Crippen LogP contribution < -0.4 is 0 Å². The van der Waals surface area contributed by atoms with Crippen LogP contribution in [0.2, 0.25) is 0 Å². The molecule has 0 aliphatic carbocycles. The molecule has 2 aromatic rings. The van der Waals surface area contributed by atoms with Crippen molar-refractivity contribution in [2.45, 2.75) is 6.92 Å². The van der Waals surface area contributed by atoms with E-state index in [4.69, 9.17) is 0 Å². The number of carbonyl (C=O) groups is 1. The fraction of sp³-hybridized carbons (Fsp3) is 0.0909. The molecule has 0 saturated heterocycles. The largest absolute Gasteiger partial charge is 0.506 e. The predicted molar refractivity (Wildman–Crippen MR) is 55.2 cm³/mol. The molecule has 76 valence electrons. The Morgan fingerprint density at radius 1 is 1.33 bits per heavy atom. The molecule has 0 aliphatic heterocycles. The van der Waals surface area contributed by atoms with E-state index >= 15 is 0 Å². The van der Waals surface area contributed by atoms with Crippen LogP contribution in [0, 0.1) is 6.92 Å². The lowest BCUT2D eigenvalue weighted by Gasteiger charge is -2.06. The van der Waals surface area contributed by atoms with Crippen LogP contribution in [0.1, 0.15) is 15.9 Å². The van der Waals surface area contributed by atoms with Crippen molar-refractivity contribution in [2.24, 2.45) is 0 Å². The SMILES string of the molecule is Cc1cccc2nc(O)c(C=O)c(O)c12. The maximum absolute atomic E-state index is 10.6. The second-order valence-electron chi connectivity index (χ2n) is 3.28. The Labute approximate surface area is 85.8 Å². The number of aromatic hydroxyl groups is 2. The summed E-state index contributed by atoms with van der Waals surface area (Å²) in [6.07, 6.45) is 0.392. The van der Waals surface area contributed by atoms with Crippen LogP contribution >= 0.6 is 0 Å². The lowest BCUT2D eigenvalue weighted by molar-refractivity contribution is 0.111. The number of hydrogen-bond acceptors (Lipinski definition) is 4. The lowest BCUT2D eigenvalue weighted by atomic mass is 10.1. The summed E-state index contributed by atoms with van der Waals surface area (Å²) in [6, 6.07) is 5.23. The molecule has 15 heavy (non-hydrogen) atoms. The highest BCUT2D eigenvalue weighted by molar-refractivity contribution is 5.97. The van der Waals surface area contributed by atoms with Crippen molar-refractivity contribution in [3.63, 3.8) is 0 Å². The molecule has 4 heteroatoms. The van der Waals surface area contributed by atoms with Gasteiger partial charge in [0.2, 0.25) is 5.88 Å². The first-order valence-electron chi connectivity index (χ1n) is 4.41. The Bertz CT molecular complexity index is 549. The van der Waals surface area contributed by atoms with Gasteiger partial charge in [-0.25, -0.2) is 4.98 Å². The summed E-state index contributed by atoms with van der Waals surface area (Å²) in [5.74, 6) is -0.661.